The number of para-hydroxylation sites is 2. The van der Waals surface area contributed by atoms with E-state index in [9.17, 15) is 0 Å². The van der Waals surface area contributed by atoms with Crippen LogP contribution in [0.25, 0.3) is 83.1 Å². The highest BCUT2D eigenvalue weighted by atomic mass is 15.1. The lowest BCUT2D eigenvalue weighted by Gasteiger charge is -2.26. The zero-order valence-electron chi connectivity index (χ0n) is 36.5. The zero-order chi connectivity index (χ0) is 43.5. The van der Waals surface area contributed by atoms with Crippen molar-refractivity contribution in [3.8, 4) is 61.3 Å². The van der Waals surface area contributed by atoms with Gasteiger partial charge in [-0.15, -0.1) is 0 Å². The third-order valence-electron chi connectivity index (χ3n) is 13.6. The van der Waals surface area contributed by atoms with E-state index in [1.165, 1.54) is 83.0 Å². The van der Waals surface area contributed by atoms with Crippen LogP contribution in [0.1, 0.15) is 25.0 Å². The van der Waals surface area contributed by atoms with E-state index >= 15 is 0 Å². The first-order valence-corrected chi connectivity index (χ1v) is 22.6. The Balaban J connectivity index is 0.900. The van der Waals surface area contributed by atoms with Gasteiger partial charge in [0.15, 0.2) is 0 Å². The summed E-state index contributed by atoms with van der Waals surface area (Å²) in [5.41, 5.74) is 21.9. The number of fused-ring (bicyclic) bond motifs is 6. The smallest absolute Gasteiger partial charge is 0.0547 e. The molecule has 1 aromatic heterocycles. The lowest BCUT2D eigenvalue weighted by molar-refractivity contribution is 0.660. The summed E-state index contributed by atoms with van der Waals surface area (Å²) < 4.78 is 2.43. The van der Waals surface area contributed by atoms with Crippen molar-refractivity contribution in [2.24, 2.45) is 0 Å². The fourth-order valence-electron chi connectivity index (χ4n) is 10.3. The molecule has 2 heteroatoms. The van der Waals surface area contributed by atoms with Crippen LogP contribution in [0.15, 0.2) is 243 Å². The van der Waals surface area contributed by atoms with Gasteiger partial charge in [-0.1, -0.05) is 184 Å². The predicted octanol–water partition coefficient (Wildman–Crippen LogP) is 17.2. The minimum absolute atomic E-state index is 0.00394. The van der Waals surface area contributed by atoms with Gasteiger partial charge in [0.25, 0.3) is 0 Å². The van der Waals surface area contributed by atoms with Crippen LogP contribution in [-0.2, 0) is 5.41 Å². The second-order valence-electron chi connectivity index (χ2n) is 17.8. The van der Waals surface area contributed by atoms with Crippen molar-refractivity contribution in [1.29, 1.82) is 0 Å². The van der Waals surface area contributed by atoms with E-state index in [1.54, 1.807) is 0 Å². The Labute approximate surface area is 381 Å². The summed E-state index contributed by atoms with van der Waals surface area (Å²) >= 11 is 0. The maximum atomic E-state index is 2.43. The van der Waals surface area contributed by atoms with E-state index < -0.39 is 0 Å². The summed E-state index contributed by atoms with van der Waals surface area (Å²) in [6.45, 7) is 4.68. The SMILES string of the molecule is CC1(C)c2ccccc2-c2cc(-c3ccc(-n4c5ccccc5c5ccc(-c6cccc(N(c7ccccc7)c7ccc(-c8cccc(-c9ccccc9)c8)cc7)c6)cc54)cc3)ccc21. The second kappa shape index (κ2) is 15.6. The van der Waals surface area contributed by atoms with E-state index in [0.29, 0.717) is 0 Å². The van der Waals surface area contributed by atoms with Gasteiger partial charge in [-0.3, -0.25) is 0 Å². The Hall–Kier alpha value is -8.20. The number of aromatic nitrogens is 1. The Kier molecular flexibility index (Phi) is 9.21. The van der Waals surface area contributed by atoms with Crippen LogP contribution in [0.3, 0.4) is 0 Å². The minimum Gasteiger partial charge on any atom is -0.310 e. The Bertz CT molecular complexity index is 3540. The molecule has 0 N–H and O–H groups in total. The molecular formula is C63H46N2. The minimum atomic E-state index is -0.00394. The summed E-state index contributed by atoms with van der Waals surface area (Å²) in [7, 11) is 0. The van der Waals surface area contributed by atoms with Crippen LogP contribution in [0.2, 0.25) is 0 Å². The highest BCUT2D eigenvalue weighted by Crippen LogP contribution is 2.49. The monoisotopic (exact) mass is 830 g/mol. The van der Waals surface area contributed by atoms with Gasteiger partial charge in [-0.25, -0.2) is 0 Å². The Morgan fingerprint density at radius 1 is 0.308 bits per heavy atom. The van der Waals surface area contributed by atoms with Gasteiger partial charge >= 0.3 is 0 Å². The quantitative estimate of drug-likeness (QED) is 0.148. The molecule has 0 radical (unpaired) electrons. The summed E-state index contributed by atoms with van der Waals surface area (Å²) in [6.07, 6.45) is 0. The first-order valence-electron chi connectivity index (χ1n) is 22.6. The average Bonchev–Trinajstić information content (AvgIpc) is 3.82. The summed E-state index contributed by atoms with van der Waals surface area (Å²) in [5.74, 6) is 0. The summed E-state index contributed by atoms with van der Waals surface area (Å²) in [6, 6.07) is 88.7. The number of rotatable bonds is 8. The van der Waals surface area contributed by atoms with Crippen LogP contribution in [-0.4, -0.2) is 4.57 Å². The molecule has 0 aliphatic heterocycles. The van der Waals surface area contributed by atoms with Gasteiger partial charge in [-0.05, 0) is 140 Å². The molecule has 0 unspecified atom stereocenters. The van der Waals surface area contributed by atoms with Gasteiger partial charge in [0.2, 0.25) is 0 Å². The van der Waals surface area contributed by atoms with Crippen molar-refractivity contribution < 1.29 is 0 Å². The largest absolute Gasteiger partial charge is 0.310 e. The van der Waals surface area contributed by atoms with Crippen LogP contribution in [0, 0.1) is 0 Å². The molecule has 1 aliphatic carbocycles. The van der Waals surface area contributed by atoms with Crippen molar-refractivity contribution in [3.63, 3.8) is 0 Å². The number of anilines is 3. The number of benzene rings is 10. The molecule has 12 rings (SSSR count). The first-order chi connectivity index (χ1) is 32.0. The third-order valence-corrected chi connectivity index (χ3v) is 13.6. The highest BCUT2D eigenvalue weighted by Gasteiger charge is 2.35. The fourth-order valence-corrected chi connectivity index (χ4v) is 10.3. The average molecular weight is 831 g/mol. The van der Waals surface area contributed by atoms with E-state index in [0.717, 1.165) is 28.3 Å². The van der Waals surface area contributed by atoms with Gasteiger partial charge in [0.05, 0.1) is 11.0 Å². The molecule has 0 saturated carbocycles. The van der Waals surface area contributed by atoms with Crippen LogP contribution >= 0.6 is 0 Å². The van der Waals surface area contributed by atoms with Crippen molar-refractivity contribution in [2.45, 2.75) is 19.3 Å². The molecule has 2 nitrogen and oxygen atoms in total. The van der Waals surface area contributed by atoms with Crippen LogP contribution < -0.4 is 4.90 Å². The molecule has 308 valence electrons. The molecule has 1 aliphatic rings. The highest BCUT2D eigenvalue weighted by molar-refractivity contribution is 6.10. The molecule has 0 fully saturated rings. The Morgan fingerprint density at radius 2 is 0.800 bits per heavy atom. The Morgan fingerprint density at radius 3 is 1.57 bits per heavy atom. The van der Waals surface area contributed by atoms with Crippen molar-refractivity contribution in [2.75, 3.05) is 4.90 Å². The summed E-state index contributed by atoms with van der Waals surface area (Å²) in [5, 5.41) is 2.49. The molecule has 0 atom stereocenters. The maximum absolute atomic E-state index is 2.43. The van der Waals surface area contributed by atoms with Gasteiger partial charge < -0.3 is 9.47 Å². The maximum Gasteiger partial charge on any atom is 0.0547 e. The predicted molar refractivity (Wildman–Crippen MR) is 275 cm³/mol. The van der Waals surface area contributed by atoms with E-state index in [-0.39, 0.29) is 5.41 Å². The van der Waals surface area contributed by atoms with Crippen molar-refractivity contribution in [3.05, 3.63) is 254 Å². The fraction of sp³-hybridized carbons (Fsp3) is 0.0476. The third kappa shape index (κ3) is 6.65. The molecule has 0 spiro atoms. The lowest BCUT2D eigenvalue weighted by atomic mass is 9.82. The molecule has 65 heavy (non-hydrogen) atoms. The standard InChI is InChI=1S/C63H46N2/c1-63(2)59-25-11-9-23-55(59)58-41-49(32-38-60(58)63)45-29-35-53(36-30-45)65-61-26-12-10-24-56(61)57-37-31-50(42-62(57)65)48-19-14-22-54(40-48)64(51-20-7-4-8-21-51)52-33-27-44(28-34-52)47-18-13-17-46(39-47)43-15-5-3-6-16-43/h3-42H,1-2H3. The summed E-state index contributed by atoms with van der Waals surface area (Å²) in [4.78, 5) is 2.35. The van der Waals surface area contributed by atoms with E-state index in [1.807, 2.05) is 0 Å². The van der Waals surface area contributed by atoms with E-state index in [4.69, 9.17) is 0 Å². The van der Waals surface area contributed by atoms with Gasteiger partial charge in [0.1, 0.15) is 0 Å². The molecule has 10 aromatic carbocycles. The molecule has 11 aromatic rings. The normalized spacial score (nSPS) is 12.6. The lowest BCUT2D eigenvalue weighted by Crippen LogP contribution is -2.14. The second-order valence-corrected chi connectivity index (χ2v) is 17.8. The van der Waals surface area contributed by atoms with Gasteiger partial charge in [-0.2, -0.15) is 0 Å². The number of hydrogen-bond acceptors (Lipinski definition) is 1. The number of nitrogens with zero attached hydrogens (tertiary/aromatic N) is 2. The molecule has 1 heterocycles. The van der Waals surface area contributed by atoms with Gasteiger partial charge in [0, 0.05) is 38.9 Å². The molecule has 0 bridgehead atoms. The van der Waals surface area contributed by atoms with Crippen molar-refractivity contribution in [1.82, 2.24) is 4.57 Å². The molecule has 0 saturated heterocycles. The molecule has 0 amide bonds. The molecular weight excluding hydrogens is 785 g/mol. The topological polar surface area (TPSA) is 8.17 Å². The van der Waals surface area contributed by atoms with Crippen molar-refractivity contribution >= 4 is 38.9 Å². The number of hydrogen-bond donors (Lipinski definition) is 0. The van der Waals surface area contributed by atoms with E-state index in [2.05, 4.69) is 266 Å². The van der Waals surface area contributed by atoms with Crippen LogP contribution in [0.4, 0.5) is 17.1 Å². The van der Waals surface area contributed by atoms with Crippen LogP contribution in [0.5, 0.6) is 0 Å². The zero-order valence-corrected chi connectivity index (χ0v) is 36.5. The first kappa shape index (κ1) is 38.5.